The molecule has 23 heavy (non-hydrogen) atoms. The third-order valence-corrected chi connectivity index (χ3v) is 4.28. The van der Waals surface area contributed by atoms with Crippen LogP contribution < -0.4 is 4.90 Å². The number of carbonyl (C=O) groups excluding carboxylic acids is 1. The Morgan fingerprint density at radius 3 is 2.74 bits per heavy atom. The van der Waals surface area contributed by atoms with Gasteiger partial charge in [0, 0.05) is 23.3 Å². The van der Waals surface area contributed by atoms with Gasteiger partial charge in [-0.2, -0.15) is 0 Å². The molecule has 6 heteroatoms. The number of carbonyl (C=O) groups is 1. The standard InChI is InChI=1S/C17H16BrN3O2/c1-10(22)15-17(23)21(2)14-7-6-11(18)9-12(14)16(20-15)13-5-3-4-8-19-13/h3-10,15,22H,1-2H3/t10-,15-/m1/s1. The molecule has 1 aliphatic heterocycles. The number of halogens is 1. The predicted molar refractivity (Wildman–Crippen MR) is 92.9 cm³/mol. The van der Waals surface area contributed by atoms with Crippen molar-refractivity contribution in [3.63, 3.8) is 0 Å². The summed E-state index contributed by atoms with van der Waals surface area (Å²) in [5.41, 5.74) is 2.81. The lowest BCUT2D eigenvalue weighted by Crippen LogP contribution is -2.40. The highest BCUT2D eigenvalue weighted by molar-refractivity contribution is 9.10. The zero-order valence-corrected chi connectivity index (χ0v) is 14.4. The number of benzene rings is 1. The summed E-state index contributed by atoms with van der Waals surface area (Å²) in [6.07, 6.45) is 0.796. The maximum Gasteiger partial charge on any atom is 0.254 e. The summed E-state index contributed by atoms with van der Waals surface area (Å²) in [7, 11) is 1.70. The van der Waals surface area contributed by atoms with Crippen LogP contribution in [-0.2, 0) is 4.79 Å². The predicted octanol–water partition coefficient (Wildman–Crippen LogP) is 2.41. The van der Waals surface area contributed by atoms with E-state index in [0.29, 0.717) is 11.4 Å². The van der Waals surface area contributed by atoms with Gasteiger partial charge in [0.25, 0.3) is 5.91 Å². The molecule has 0 radical (unpaired) electrons. The summed E-state index contributed by atoms with van der Waals surface area (Å²) in [5, 5.41) is 10.0. The molecule has 118 valence electrons. The van der Waals surface area contributed by atoms with Crippen LogP contribution >= 0.6 is 15.9 Å². The first-order valence-corrected chi connectivity index (χ1v) is 8.03. The van der Waals surface area contributed by atoms with Crippen molar-refractivity contribution in [1.29, 1.82) is 0 Å². The Hall–Kier alpha value is -2.05. The van der Waals surface area contributed by atoms with E-state index in [1.165, 1.54) is 0 Å². The third-order valence-electron chi connectivity index (χ3n) is 3.79. The second-order valence-corrected chi connectivity index (χ2v) is 6.35. The first-order valence-electron chi connectivity index (χ1n) is 7.24. The summed E-state index contributed by atoms with van der Waals surface area (Å²) in [4.78, 5) is 23.1. The van der Waals surface area contributed by atoms with Crippen LogP contribution in [-0.4, -0.2) is 40.9 Å². The highest BCUT2D eigenvalue weighted by atomic mass is 79.9. The van der Waals surface area contributed by atoms with Gasteiger partial charge in [0.05, 0.1) is 23.2 Å². The van der Waals surface area contributed by atoms with Crippen LogP contribution in [0.5, 0.6) is 0 Å². The molecule has 0 unspecified atom stereocenters. The van der Waals surface area contributed by atoms with E-state index < -0.39 is 12.1 Å². The fourth-order valence-electron chi connectivity index (χ4n) is 2.59. The van der Waals surface area contributed by atoms with E-state index in [1.54, 1.807) is 25.1 Å². The van der Waals surface area contributed by atoms with Crippen molar-refractivity contribution in [2.45, 2.75) is 19.1 Å². The number of fused-ring (bicyclic) bond motifs is 1. The molecule has 0 aliphatic carbocycles. The van der Waals surface area contributed by atoms with Crippen molar-refractivity contribution >= 4 is 33.2 Å². The minimum Gasteiger partial charge on any atom is -0.391 e. The van der Waals surface area contributed by atoms with Gasteiger partial charge in [-0.15, -0.1) is 0 Å². The Labute approximate surface area is 142 Å². The minimum absolute atomic E-state index is 0.241. The molecule has 2 heterocycles. The Morgan fingerprint density at radius 1 is 1.30 bits per heavy atom. The van der Waals surface area contributed by atoms with Crippen molar-refractivity contribution in [3.8, 4) is 0 Å². The Bertz CT molecular complexity index is 775. The van der Waals surface area contributed by atoms with Crippen LogP contribution in [0.4, 0.5) is 5.69 Å². The van der Waals surface area contributed by atoms with Gasteiger partial charge in [-0.05, 0) is 37.3 Å². The zero-order chi connectivity index (χ0) is 16.6. The number of aliphatic imine (C=N–C) groups is 1. The van der Waals surface area contributed by atoms with Crippen molar-refractivity contribution in [3.05, 3.63) is 58.3 Å². The van der Waals surface area contributed by atoms with Crippen molar-refractivity contribution in [2.75, 3.05) is 11.9 Å². The number of benzodiazepines with no additional fused rings is 1. The molecular weight excluding hydrogens is 358 g/mol. The molecule has 2 aromatic rings. The number of pyridine rings is 1. The maximum atomic E-state index is 12.6. The molecule has 1 N–H and O–H groups in total. The monoisotopic (exact) mass is 373 g/mol. The Kier molecular flexibility index (Phi) is 4.28. The lowest BCUT2D eigenvalue weighted by Gasteiger charge is -2.21. The summed E-state index contributed by atoms with van der Waals surface area (Å²) < 4.78 is 0.885. The molecule has 1 aliphatic rings. The number of likely N-dealkylation sites (N-methyl/N-ethyl adjacent to an activating group) is 1. The summed E-state index contributed by atoms with van der Waals surface area (Å²) >= 11 is 3.47. The van der Waals surface area contributed by atoms with Crippen LogP contribution in [0.25, 0.3) is 0 Å². The minimum atomic E-state index is -0.888. The van der Waals surface area contributed by atoms with Crippen LogP contribution in [0.3, 0.4) is 0 Å². The van der Waals surface area contributed by atoms with Crippen LogP contribution in [0.1, 0.15) is 18.2 Å². The topological polar surface area (TPSA) is 65.8 Å². The molecule has 1 amide bonds. The van der Waals surface area contributed by atoms with Gasteiger partial charge in [-0.1, -0.05) is 22.0 Å². The number of hydrogen-bond acceptors (Lipinski definition) is 4. The summed E-state index contributed by atoms with van der Waals surface area (Å²) in [6, 6.07) is 10.3. The molecule has 0 spiro atoms. The molecule has 1 aromatic carbocycles. The molecule has 1 aromatic heterocycles. The van der Waals surface area contributed by atoms with E-state index in [2.05, 4.69) is 25.9 Å². The molecule has 3 rings (SSSR count). The number of aliphatic hydroxyl groups excluding tert-OH is 1. The lowest BCUT2D eigenvalue weighted by molar-refractivity contribution is -0.121. The highest BCUT2D eigenvalue weighted by Crippen LogP contribution is 2.30. The van der Waals surface area contributed by atoms with E-state index >= 15 is 0 Å². The van der Waals surface area contributed by atoms with Gasteiger partial charge in [0.1, 0.15) is 0 Å². The third kappa shape index (κ3) is 2.92. The molecular formula is C17H16BrN3O2. The van der Waals surface area contributed by atoms with Crippen LogP contribution in [0.15, 0.2) is 52.1 Å². The van der Waals surface area contributed by atoms with Crippen LogP contribution in [0, 0.1) is 0 Å². The molecule has 0 fully saturated rings. The molecule has 5 nitrogen and oxygen atoms in total. The maximum absolute atomic E-state index is 12.6. The average molecular weight is 374 g/mol. The Balaban J connectivity index is 2.28. The van der Waals surface area contributed by atoms with Gasteiger partial charge >= 0.3 is 0 Å². The summed E-state index contributed by atoms with van der Waals surface area (Å²) in [5.74, 6) is -0.241. The van der Waals surface area contributed by atoms with E-state index in [9.17, 15) is 9.90 Å². The highest BCUT2D eigenvalue weighted by Gasteiger charge is 2.33. The Morgan fingerprint density at radius 2 is 2.09 bits per heavy atom. The second kappa shape index (κ2) is 6.22. The van der Waals surface area contributed by atoms with E-state index in [1.807, 2.05) is 36.4 Å². The van der Waals surface area contributed by atoms with Crippen molar-refractivity contribution in [2.24, 2.45) is 4.99 Å². The van der Waals surface area contributed by atoms with Crippen LogP contribution in [0.2, 0.25) is 0 Å². The molecule has 2 atom stereocenters. The number of rotatable bonds is 2. The van der Waals surface area contributed by atoms with Gasteiger partial charge in [0.2, 0.25) is 0 Å². The van der Waals surface area contributed by atoms with Gasteiger partial charge in [-0.25, -0.2) is 0 Å². The summed E-state index contributed by atoms with van der Waals surface area (Å²) in [6.45, 7) is 1.57. The van der Waals surface area contributed by atoms with E-state index in [4.69, 9.17) is 0 Å². The molecule has 0 saturated heterocycles. The number of anilines is 1. The molecule has 0 saturated carbocycles. The number of hydrogen-bond donors (Lipinski definition) is 1. The number of nitrogens with zero attached hydrogens (tertiary/aromatic N) is 3. The zero-order valence-electron chi connectivity index (χ0n) is 12.8. The smallest absolute Gasteiger partial charge is 0.254 e. The fraction of sp³-hybridized carbons (Fsp3) is 0.235. The van der Waals surface area contributed by atoms with Gasteiger partial charge in [0.15, 0.2) is 6.04 Å². The number of aromatic nitrogens is 1. The average Bonchev–Trinajstić information content (AvgIpc) is 2.64. The second-order valence-electron chi connectivity index (χ2n) is 5.44. The molecule has 0 bridgehead atoms. The SMILES string of the molecule is C[C@@H](O)[C@H]1N=C(c2ccccn2)c2cc(Br)ccc2N(C)C1=O. The largest absolute Gasteiger partial charge is 0.391 e. The normalized spacial score (nSPS) is 19.0. The van der Waals surface area contributed by atoms with Crippen molar-refractivity contribution in [1.82, 2.24) is 4.98 Å². The lowest BCUT2D eigenvalue weighted by atomic mass is 10.0. The van der Waals surface area contributed by atoms with Gasteiger partial charge < -0.3 is 10.0 Å². The first-order chi connectivity index (χ1) is 11.0. The fourth-order valence-corrected chi connectivity index (χ4v) is 2.95. The van der Waals surface area contributed by atoms with Crippen molar-refractivity contribution < 1.29 is 9.90 Å². The number of aliphatic hydroxyl groups is 1. The van der Waals surface area contributed by atoms with E-state index in [0.717, 1.165) is 15.7 Å². The van der Waals surface area contributed by atoms with Gasteiger partial charge in [-0.3, -0.25) is 14.8 Å². The first kappa shape index (κ1) is 15.8. The number of amides is 1. The van der Waals surface area contributed by atoms with E-state index in [-0.39, 0.29) is 5.91 Å². The quantitative estimate of drug-likeness (QED) is 0.878.